The third kappa shape index (κ3) is 6.51. The van der Waals surface area contributed by atoms with Gasteiger partial charge in [-0.25, -0.2) is 19.6 Å². The summed E-state index contributed by atoms with van der Waals surface area (Å²) in [5, 5.41) is 2.17. The van der Waals surface area contributed by atoms with E-state index in [0.29, 0.717) is 11.6 Å². The molecule has 2 aliphatic heterocycles. The maximum absolute atomic E-state index is 13.0. The highest BCUT2D eigenvalue weighted by Crippen LogP contribution is 2.53. The number of piperidine rings is 1. The number of amides is 2. The monoisotopic (exact) mass is 648 g/mol. The number of H-pyrrole nitrogens is 2. The van der Waals surface area contributed by atoms with Gasteiger partial charge in [-0.1, -0.05) is 24.1 Å². The van der Waals surface area contributed by atoms with Crippen molar-refractivity contribution < 1.29 is 19.1 Å². The van der Waals surface area contributed by atoms with Gasteiger partial charge >= 0.3 is 12.2 Å². The van der Waals surface area contributed by atoms with Crippen molar-refractivity contribution in [3.8, 4) is 23.1 Å². The van der Waals surface area contributed by atoms with Crippen LogP contribution in [0, 0.1) is 17.8 Å². The lowest BCUT2D eigenvalue weighted by molar-refractivity contribution is 0.0147. The molecule has 1 aliphatic carbocycles. The quantitative estimate of drug-likeness (QED) is 0.218. The Labute approximate surface area is 281 Å². The number of carbonyl (C=O) groups excluding carboxylic acids is 2. The van der Waals surface area contributed by atoms with Crippen LogP contribution in [0.2, 0.25) is 0 Å². The van der Waals surface area contributed by atoms with Gasteiger partial charge < -0.3 is 19.4 Å². The predicted octanol–water partition coefficient (Wildman–Crippen LogP) is 7.88. The van der Waals surface area contributed by atoms with Crippen LogP contribution in [-0.2, 0) is 9.47 Å². The zero-order valence-electron chi connectivity index (χ0n) is 28.8. The summed E-state index contributed by atoms with van der Waals surface area (Å²) in [4.78, 5) is 45.8. The summed E-state index contributed by atoms with van der Waals surface area (Å²) in [6.07, 6.45) is 6.66. The first-order valence-corrected chi connectivity index (χ1v) is 16.9. The molecule has 3 unspecified atom stereocenters. The van der Waals surface area contributed by atoms with Gasteiger partial charge in [0, 0.05) is 23.2 Å². The minimum absolute atomic E-state index is 0.0824. The number of likely N-dealkylation sites (tertiary alicyclic amines) is 2. The van der Waals surface area contributed by atoms with Crippen molar-refractivity contribution in [3.05, 3.63) is 71.7 Å². The van der Waals surface area contributed by atoms with Crippen molar-refractivity contribution in [3.63, 3.8) is 0 Å². The molecule has 2 N–H and O–H groups in total. The van der Waals surface area contributed by atoms with Crippen molar-refractivity contribution in [2.75, 3.05) is 0 Å². The average molecular weight is 649 g/mol. The average Bonchev–Trinajstić information content (AvgIpc) is 3.48. The molecule has 2 amide bonds. The van der Waals surface area contributed by atoms with Crippen LogP contribution in [-0.4, -0.2) is 65.2 Å². The zero-order chi connectivity index (χ0) is 34.0. The van der Waals surface area contributed by atoms with Gasteiger partial charge in [0.05, 0.1) is 30.2 Å². The number of nitrogens with one attached hydrogen (secondary N) is 2. The Bertz CT molecular complexity index is 1940. The van der Waals surface area contributed by atoms with Crippen molar-refractivity contribution in [1.29, 1.82) is 0 Å². The molecule has 10 nitrogen and oxygen atoms in total. The first kappa shape index (κ1) is 31.8. The first-order chi connectivity index (χ1) is 22.7. The van der Waals surface area contributed by atoms with E-state index in [2.05, 4.69) is 69.0 Å². The number of hydrogen-bond donors (Lipinski definition) is 2. The summed E-state index contributed by atoms with van der Waals surface area (Å²) < 4.78 is 11.4. The van der Waals surface area contributed by atoms with Crippen LogP contribution in [0.1, 0.15) is 109 Å². The Kier molecular flexibility index (Phi) is 7.77. The Morgan fingerprint density at radius 2 is 1.46 bits per heavy atom. The van der Waals surface area contributed by atoms with Gasteiger partial charge in [0.1, 0.15) is 28.5 Å². The normalized spacial score (nSPS) is 23.5. The van der Waals surface area contributed by atoms with Gasteiger partial charge in [-0.05, 0) is 115 Å². The fourth-order valence-electron chi connectivity index (χ4n) is 7.01. The molecule has 48 heavy (non-hydrogen) atoms. The standard InChI is InChI=1S/C38H44N6O4/c1-22-8-15-30(43(22)35(45)47-37(2,3)4)33-40-21-29(42-33)26-13-12-24-16-23(9-11-25(24)17-26)10-14-28-20-39-34(41-28)32-19-27-18-31(27)44(32)36(46)48-38(5,6)7/h9,11-13,16-17,20-22,27,30-32H,8,15,18-19H2,1-7H3,(H,39,41)(H,40,42)/t22-,27?,30-,31?,32?/m0/s1. The van der Waals surface area contributed by atoms with Crippen LogP contribution in [0.25, 0.3) is 22.0 Å². The SMILES string of the molecule is C[C@H]1CC[C@@H](c2ncc(-c3ccc4cc(C#Cc5cnc(C6CC7CC7N6C(=O)OC(C)(C)C)[nH]5)ccc4c3)[nH]2)N1C(=O)OC(C)(C)C. The maximum Gasteiger partial charge on any atom is 0.411 e. The van der Waals surface area contributed by atoms with Crippen LogP contribution < -0.4 is 0 Å². The number of aromatic nitrogens is 4. The Hall–Kier alpha value is -4.78. The first-order valence-electron chi connectivity index (χ1n) is 16.9. The highest BCUT2D eigenvalue weighted by molar-refractivity contribution is 5.88. The molecule has 2 saturated heterocycles. The van der Waals surface area contributed by atoms with Crippen LogP contribution >= 0.6 is 0 Å². The van der Waals surface area contributed by atoms with Crippen LogP contribution in [0.4, 0.5) is 9.59 Å². The fraction of sp³-hybridized carbons (Fsp3) is 0.474. The minimum atomic E-state index is -0.556. The van der Waals surface area contributed by atoms with Crippen molar-refractivity contribution in [2.45, 2.75) is 110 Å². The third-order valence-corrected chi connectivity index (χ3v) is 9.30. The Morgan fingerprint density at radius 1 is 0.792 bits per heavy atom. The van der Waals surface area contributed by atoms with E-state index >= 15 is 0 Å². The zero-order valence-corrected chi connectivity index (χ0v) is 28.8. The van der Waals surface area contributed by atoms with Crippen LogP contribution in [0.3, 0.4) is 0 Å². The van der Waals surface area contributed by atoms with E-state index in [9.17, 15) is 9.59 Å². The Balaban J connectivity index is 1.04. The highest BCUT2D eigenvalue weighted by Gasteiger charge is 2.56. The van der Waals surface area contributed by atoms with E-state index < -0.39 is 11.2 Å². The van der Waals surface area contributed by atoms with Crippen LogP contribution in [0.15, 0.2) is 48.8 Å². The fourth-order valence-corrected chi connectivity index (χ4v) is 7.01. The highest BCUT2D eigenvalue weighted by atomic mass is 16.6. The number of nitrogens with zero attached hydrogens (tertiary/aromatic N) is 4. The number of aromatic amines is 2. The predicted molar refractivity (Wildman–Crippen MR) is 183 cm³/mol. The molecule has 3 fully saturated rings. The van der Waals surface area contributed by atoms with Gasteiger partial charge in [-0.3, -0.25) is 9.80 Å². The Morgan fingerprint density at radius 3 is 2.21 bits per heavy atom. The molecule has 2 aromatic heterocycles. The summed E-state index contributed by atoms with van der Waals surface area (Å²) in [5.41, 5.74) is 2.43. The van der Waals surface area contributed by atoms with Gasteiger partial charge in [0.2, 0.25) is 0 Å². The van der Waals surface area contributed by atoms with Gasteiger partial charge in [-0.15, -0.1) is 0 Å². The molecule has 4 heterocycles. The largest absolute Gasteiger partial charge is 0.444 e. The lowest BCUT2D eigenvalue weighted by Crippen LogP contribution is -2.40. The number of carbonyl (C=O) groups is 2. The molecule has 250 valence electrons. The van der Waals surface area contributed by atoms with Crippen molar-refractivity contribution in [1.82, 2.24) is 29.7 Å². The summed E-state index contributed by atoms with van der Waals surface area (Å²) in [6.45, 7) is 13.4. The van der Waals surface area contributed by atoms with Crippen molar-refractivity contribution >= 4 is 23.0 Å². The molecule has 1 saturated carbocycles. The molecular weight excluding hydrogens is 604 g/mol. The van der Waals surface area contributed by atoms with E-state index in [1.165, 1.54) is 0 Å². The molecule has 3 aliphatic rings. The van der Waals surface area contributed by atoms with Gasteiger partial charge in [0.15, 0.2) is 0 Å². The second-order valence-corrected chi connectivity index (χ2v) is 15.4. The number of hydrogen-bond acceptors (Lipinski definition) is 6. The lowest BCUT2D eigenvalue weighted by atomic mass is 10.0. The maximum atomic E-state index is 13.0. The third-order valence-electron chi connectivity index (χ3n) is 9.30. The van der Waals surface area contributed by atoms with E-state index in [0.717, 1.165) is 64.9 Å². The molecule has 0 bridgehead atoms. The van der Waals surface area contributed by atoms with E-state index in [4.69, 9.17) is 9.47 Å². The number of fused-ring (bicyclic) bond motifs is 2. The molecule has 0 radical (unpaired) electrons. The summed E-state index contributed by atoms with van der Waals surface area (Å²) in [7, 11) is 0. The van der Waals surface area contributed by atoms with Crippen LogP contribution in [0.5, 0.6) is 0 Å². The molecule has 10 heteroatoms. The number of benzene rings is 2. The second-order valence-electron chi connectivity index (χ2n) is 15.4. The van der Waals surface area contributed by atoms with E-state index in [1.54, 1.807) is 6.20 Å². The number of ether oxygens (including phenoxy) is 2. The summed E-state index contributed by atoms with van der Waals surface area (Å²) in [5.74, 6) is 8.52. The molecule has 0 spiro atoms. The summed E-state index contributed by atoms with van der Waals surface area (Å²) in [6, 6.07) is 12.5. The van der Waals surface area contributed by atoms with E-state index in [1.807, 2.05) is 63.6 Å². The molecule has 5 atom stereocenters. The minimum Gasteiger partial charge on any atom is -0.444 e. The molecule has 7 rings (SSSR count). The smallest absolute Gasteiger partial charge is 0.411 e. The van der Waals surface area contributed by atoms with Gasteiger partial charge in [0.25, 0.3) is 0 Å². The number of imidazole rings is 2. The van der Waals surface area contributed by atoms with E-state index in [-0.39, 0.29) is 36.4 Å². The molecule has 2 aromatic carbocycles. The van der Waals surface area contributed by atoms with Crippen molar-refractivity contribution in [2.24, 2.45) is 5.92 Å². The van der Waals surface area contributed by atoms with Gasteiger partial charge in [-0.2, -0.15) is 0 Å². The second kappa shape index (κ2) is 11.7. The molecule has 4 aromatic rings. The summed E-state index contributed by atoms with van der Waals surface area (Å²) >= 11 is 0. The lowest BCUT2D eigenvalue weighted by Gasteiger charge is -2.30. The molecular formula is C38H44N6O4. The topological polar surface area (TPSA) is 116 Å². The number of rotatable bonds is 3.